The van der Waals surface area contributed by atoms with Gasteiger partial charge < -0.3 is 10.2 Å². The van der Waals surface area contributed by atoms with Crippen molar-refractivity contribution in [3.05, 3.63) is 5.95 Å². The molecule has 11 heavy (non-hydrogen) atoms. The molecule has 60 valence electrons. The molecule has 3 nitrogen and oxygen atoms in total. The van der Waals surface area contributed by atoms with Crippen LogP contribution in [0.25, 0.3) is 0 Å². The first kappa shape index (κ1) is 8.48. The van der Waals surface area contributed by atoms with E-state index in [4.69, 9.17) is 10.2 Å². The van der Waals surface area contributed by atoms with Gasteiger partial charge in [-0.05, 0) is 0 Å². The smallest absolute Gasteiger partial charge is 0.259 e. The Labute approximate surface area is 72.7 Å². The van der Waals surface area contributed by atoms with Crippen LogP contribution in [0.3, 0.4) is 0 Å². The molecule has 0 saturated heterocycles. The second-order valence-electron chi connectivity index (χ2n) is 1.77. The van der Waals surface area contributed by atoms with Crippen molar-refractivity contribution < 1.29 is 14.6 Å². The van der Waals surface area contributed by atoms with Gasteiger partial charge >= 0.3 is 0 Å². The van der Waals surface area contributed by atoms with E-state index in [-0.39, 0.29) is 9.79 Å². The lowest BCUT2D eigenvalue weighted by molar-refractivity contribution is 0.371. The number of thiol groups is 2. The number of aromatic hydroxyl groups is 2. The van der Waals surface area contributed by atoms with E-state index >= 15 is 0 Å². The molecular weight excluding hydrogens is 189 g/mol. The van der Waals surface area contributed by atoms with Crippen LogP contribution >= 0.6 is 25.3 Å². The monoisotopic (exact) mass is 193 g/mol. The van der Waals surface area contributed by atoms with Crippen LogP contribution in [-0.4, -0.2) is 15.2 Å². The largest absolute Gasteiger partial charge is 0.503 e. The summed E-state index contributed by atoms with van der Waals surface area (Å²) < 4.78 is 12.4. The first-order valence-electron chi connectivity index (χ1n) is 2.53. The Morgan fingerprint density at radius 2 is 1.73 bits per heavy atom. The molecule has 1 aromatic heterocycles. The van der Waals surface area contributed by atoms with Crippen LogP contribution in [0.4, 0.5) is 4.39 Å². The van der Waals surface area contributed by atoms with Gasteiger partial charge in [0.05, 0.1) is 9.79 Å². The van der Waals surface area contributed by atoms with E-state index in [2.05, 4.69) is 30.2 Å². The summed E-state index contributed by atoms with van der Waals surface area (Å²) in [6.45, 7) is 0. The summed E-state index contributed by atoms with van der Waals surface area (Å²) in [5.74, 6) is -2.46. The lowest BCUT2D eigenvalue weighted by atomic mass is 10.4. The Kier molecular flexibility index (Phi) is 2.15. The van der Waals surface area contributed by atoms with E-state index in [1.807, 2.05) is 0 Å². The van der Waals surface area contributed by atoms with Crippen LogP contribution in [0.1, 0.15) is 0 Å². The highest BCUT2D eigenvalue weighted by Crippen LogP contribution is 2.34. The molecular formula is C5H4FNO2S2. The van der Waals surface area contributed by atoms with Gasteiger partial charge in [-0.2, -0.15) is 9.37 Å². The minimum atomic E-state index is -1.16. The molecule has 0 aliphatic heterocycles. The molecule has 0 aromatic carbocycles. The SMILES string of the molecule is Oc1nc(F)c(O)c(S)c1S. The molecule has 6 heteroatoms. The number of rotatable bonds is 0. The highest BCUT2D eigenvalue weighted by molar-refractivity contribution is 7.83. The molecule has 1 aromatic rings. The molecule has 0 bridgehead atoms. The number of nitrogens with zero attached hydrogens (tertiary/aromatic N) is 1. The maximum atomic E-state index is 12.4. The average Bonchev–Trinajstić information content (AvgIpc) is 1.97. The van der Waals surface area contributed by atoms with E-state index in [1.54, 1.807) is 0 Å². The van der Waals surface area contributed by atoms with Gasteiger partial charge in [-0.1, -0.05) is 0 Å². The van der Waals surface area contributed by atoms with Gasteiger partial charge in [-0.3, -0.25) is 0 Å². The summed E-state index contributed by atoms with van der Waals surface area (Å²) in [5.41, 5.74) is 0. The summed E-state index contributed by atoms with van der Waals surface area (Å²) >= 11 is 7.40. The fraction of sp³-hybridized carbons (Fsp3) is 0. The molecule has 0 saturated carbocycles. The van der Waals surface area contributed by atoms with Crippen molar-refractivity contribution in [1.82, 2.24) is 4.98 Å². The number of hydrogen-bond acceptors (Lipinski definition) is 5. The van der Waals surface area contributed by atoms with Crippen molar-refractivity contribution in [3.8, 4) is 11.6 Å². The fourth-order valence-electron chi connectivity index (χ4n) is 0.515. The lowest BCUT2D eigenvalue weighted by Gasteiger charge is -2.02. The van der Waals surface area contributed by atoms with Crippen LogP contribution in [0.5, 0.6) is 11.6 Å². The second kappa shape index (κ2) is 2.78. The predicted octanol–water partition coefficient (Wildman–Crippen LogP) is 1.21. The van der Waals surface area contributed by atoms with Crippen molar-refractivity contribution >= 4 is 25.3 Å². The third kappa shape index (κ3) is 1.36. The van der Waals surface area contributed by atoms with Crippen LogP contribution < -0.4 is 0 Å². The van der Waals surface area contributed by atoms with Gasteiger partial charge in [0.2, 0.25) is 5.88 Å². The standard InChI is InChI=1S/C5H4FNO2S2/c6-4-1(8)2(10)3(11)5(9)7-4/h8,11H,(H2,7,9,10). The van der Waals surface area contributed by atoms with Gasteiger partial charge in [0.15, 0.2) is 5.75 Å². The zero-order valence-corrected chi connectivity index (χ0v) is 6.90. The van der Waals surface area contributed by atoms with Crippen LogP contribution in [-0.2, 0) is 0 Å². The highest BCUT2D eigenvalue weighted by Gasteiger charge is 2.13. The number of hydrogen-bond donors (Lipinski definition) is 4. The van der Waals surface area contributed by atoms with Crippen molar-refractivity contribution in [3.63, 3.8) is 0 Å². The molecule has 0 amide bonds. The fourth-order valence-corrected chi connectivity index (χ4v) is 0.863. The van der Waals surface area contributed by atoms with Crippen LogP contribution in [0.15, 0.2) is 9.79 Å². The van der Waals surface area contributed by atoms with Crippen LogP contribution in [0, 0.1) is 5.95 Å². The van der Waals surface area contributed by atoms with Crippen molar-refractivity contribution in [2.24, 2.45) is 0 Å². The maximum Gasteiger partial charge on any atom is 0.259 e. The molecule has 0 fully saturated rings. The highest BCUT2D eigenvalue weighted by atomic mass is 32.1. The minimum absolute atomic E-state index is 0.0489. The van der Waals surface area contributed by atoms with Crippen LogP contribution in [0.2, 0.25) is 0 Å². The van der Waals surface area contributed by atoms with Gasteiger partial charge in [0.1, 0.15) is 0 Å². The third-order valence-corrected chi connectivity index (χ3v) is 2.10. The molecule has 0 aliphatic carbocycles. The second-order valence-corrected chi connectivity index (χ2v) is 2.67. The van der Waals surface area contributed by atoms with E-state index in [0.29, 0.717) is 0 Å². The van der Waals surface area contributed by atoms with Gasteiger partial charge in [0, 0.05) is 0 Å². The summed E-state index contributed by atoms with van der Waals surface area (Å²) in [5, 5.41) is 17.7. The molecule has 1 heterocycles. The molecule has 1 rings (SSSR count). The first-order chi connectivity index (χ1) is 5.04. The summed E-state index contributed by atoms with van der Waals surface area (Å²) in [7, 11) is 0. The lowest BCUT2D eigenvalue weighted by Crippen LogP contribution is -1.87. The molecule has 2 N–H and O–H groups in total. The Balaban J connectivity index is 3.46. The molecule has 0 aliphatic rings. The first-order valence-corrected chi connectivity index (χ1v) is 3.43. The zero-order valence-electron chi connectivity index (χ0n) is 5.11. The molecule has 0 radical (unpaired) electrons. The summed E-state index contributed by atoms with van der Waals surface area (Å²) in [4.78, 5) is 2.77. The Bertz CT molecular complexity index is 279. The topological polar surface area (TPSA) is 53.4 Å². The maximum absolute atomic E-state index is 12.4. The third-order valence-electron chi connectivity index (χ3n) is 1.06. The van der Waals surface area contributed by atoms with E-state index < -0.39 is 17.6 Å². The Hall–Kier alpha value is -0.620. The summed E-state index contributed by atoms with van der Waals surface area (Å²) in [6.07, 6.45) is 0. The van der Waals surface area contributed by atoms with E-state index in [1.165, 1.54) is 0 Å². The molecule has 0 spiro atoms. The van der Waals surface area contributed by atoms with Crippen molar-refractivity contribution in [2.75, 3.05) is 0 Å². The van der Waals surface area contributed by atoms with Gasteiger partial charge in [-0.15, -0.1) is 25.3 Å². The van der Waals surface area contributed by atoms with Crippen molar-refractivity contribution in [2.45, 2.75) is 9.79 Å². The Morgan fingerprint density at radius 1 is 1.18 bits per heavy atom. The number of aromatic nitrogens is 1. The Morgan fingerprint density at radius 3 is 2.27 bits per heavy atom. The van der Waals surface area contributed by atoms with Crippen molar-refractivity contribution in [1.29, 1.82) is 0 Å². The normalized spacial score (nSPS) is 10.1. The van der Waals surface area contributed by atoms with Gasteiger partial charge in [-0.25, -0.2) is 0 Å². The minimum Gasteiger partial charge on any atom is -0.503 e. The van der Waals surface area contributed by atoms with Gasteiger partial charge in [0.25, 0.3) is 5.95 Å². The molecule has 0 atom stereocenters. The summed E-state index contributed by atoms with van der Waals surface area (Å²) in [6, 6.07) is 0. The number of halogens is 1. The predicted molar refractivity (Wildman–Crippen MR) is 42.0 cm³/mol. The number of pyridine rings is 1. The van der Waals surface area contributed by atoms with E-state index in [0.717, 1.165) is 0 Å². The zero-order chi connectivity index (χ0) is 8.59. The quantitative estimate of drug-likeness (QED) is 0.370. The molecule has 0 unspecified atom stereocenters. The van der Waals surface area contributed by atoms with E-state index in [9.17, 15) is 4.39 Å². The average molecular weight is 193 g/mol.